The van der Waals surface area contributed by atoms with Crippen molar-refractivity contribution in [3.05, 3.63) is 228 Å². The second-order valence-corrected chi connectivity index (χ2v) is 21.7. The summed E-state index contributed by atoms with van der Waals surface area (Å²) in [6.45, 7) is 18.8. The smallest absolute Gasteiger partial charge is 0.136 e. The van der Waals surface area contributed by atoms with Gasteiger partial charge in [0.2, 0.25) is 0 Å². The molecule has 0 fully saturated rings. The Morgan fingerprint density at radius 2 is 0.718 bits per heavy atom. The van der Waals surface area contributed by atoms with Gasteiger partial charge in [-0.15, -0.1) is 0 Å². The van der Waals surface area contributed by atoms with Crippen LogP contribution in [0, 0.1) is 0 Å². The number of para-hydroxylation sites is 2. The zero-order chi connectivity index (χ0) is 48.5. The third-order valence-electron chi connectivity index (χ3n) is 16.1. The lowest BCUT2D eigenvalue weighted by atomic mass is 9.82. The zero-order valence-corrected chi connectivity index (χ0v) is 41.9. The average molecular weight is 919 g/mol. The zero-order valence-electron chi connectivity index (χ0n) is 41.9. The normalized spacial score (nSPS) is 14.1. The Bertz CT molecular complexity index is 3690. The highest BCUT2D eigenvalue weighted by atomic mass is 16.3. The topological polar surface area (TPSA) is 19.6 Å². The third kappa shape index (κ3) is 6.48. The molecule has 10 aromatic carbocycles. The van der Waals surface area contributed by atoms with Crippen molar-refractivity contribution in [2.24, 2.45) is 0 Å². The minimum absolute atomic E-state index is 0.113. The first kappa shape index (κ1) is 43.2. The first-order valence-corrected chi connectivity index (χ1v) is 25.5. The molecular weight excluding hydrogens is 861 g/mol. The van der Waals surface area contributed by atoms with Crippen molar-refractivity contribution in [1.29, 1.82) is 0 Å². The Morgan fingerprint density at radius 1 is 0.338 bits per heavy atom. The van der Waals surface area contributed by atoms with E-state index in [1.165, 1.54) is 88.6 Å². The molecule has 0 N–H and O–H groups in total. The van der Waals surface area contributed by atoms with Gasteiger partial charge in [-0.3, -0.25) is 0 Å². The second-order valence-electron chi connectivity index (χ2n) is 21.7. The fourth-order valence-electron chi connectivity index (χ4n) is 12.7. The van der Waals surface area contributed by atoms with Gasteiger partial charge in [0.1, 0.15) is 11.2 Å². The van der Waals surface area contributed by atoms with Gasteiger partial charge in [-0.25, -0.2) is 0 Å². The van der Waals surface area contributed by atoms with Gasteiger partial charge >= 0.3 is 0 Å². The van der Waals surface area contributed by atoms with E-state index < -0.39 is 0 Å². The summed E-state index contributed by atoms with van der Waals surface area (Å²) in [6, 6.07) is 72.4. The minimum Gasteiger partial charge on any atom is -0.456 e. The van der Waals surface area contributed by atoms with Crippen LogP contribution in [0.2, 0.25) is 0 Å². The molecule has 3 nitrogen and oxygen atoms in total. The summed E-state index contributed by atoms with van der Waals surface area (Å²) in [6.07, 6.45) is 0. The highest BCUT2D eigenvalue weighted by Gasteiger charge is 2.37. The van der Waals surface area contributed by atoms with Crippen LogP contribution >= 0.6 is 0 Å². The first-order chi connectivity index (χ1) is 34.4. The lowest BCUT2D eigenvalue weighted by Gasteiger charge is -2.31. The van der Waals surface area contributed by atoms with Crippen LogP contribution in [-0.2, 0) is 10.8 Å². The Balaban J connectivity index is 0.966. The summed E-state index contributed by atoms with van der Waals surface area (Å²) in [7, 11) is 0. The van der Waals surface area contributed by atoms with Crippen LogP contribution in [0.5, 0.6) is 0 Å². The highest BCUT2D eigenvalue weighted by Crippen LogP contribution is 2.54. The number of furan rings is 1. The Morgan fingerprint density at radius 3 is 1.13 bits per heavy atom. The molecule has 0 amide bonds. The standard InChI is InChI=1S/C68H58N2O/c1-41(2)65-53-39-63-55(35-43(53)27-33-61(65)69(45-19-11-9-12-20-45)47-29-31-51-49-23-15-17-25-57(49)67(5,6)59(51)37-47)56-36-44-28-34-62(66(42(3)4)54(44)40-64(56)71-63)70(46-21-13-10-14-22-46)48-30-32-52-50-24-16-18-26-58(50)68(7,8)60(52)38-48/h9-42H,1-8H3. The molecule has 0 saturated heterocycles. The maximum Gasteiger partial charge on any atom is 0.136 e. The number of hydrogen-bond acceptors (Lipinski definition) is 3. The van der Waals surface area contributed by atoms with Crippen molar-refractivity contribution in [2.75, 3.05) is 9.80 Å². The van der Waals surface area contributed by atoms with E-state index in [9.17, 15) is 0 Å². The van der Waals surface area contributed by atoms with Crippen LogP contribution in [0.4, 0.5) is 34.1 Å². The van der Waals surface area contributed by atoms with E-state index in [2.05, 4.69) is 259 Å². The molecule has 1 aromatic heterocycles. The van der Waals surface area contributed by atoms with E-state index in [0.29, 0.717) is 0 Å². The van der Waals surface area contributed by atoms with Crippen molar-refractivity contribution in [3.63, 3.8) is 0 Å². The van der Waals surface area contributed by atoms with E-state index >= 15 is 0 Å². The van der Waals surface area contributed by atoms with Gasteiger partial charge in [0, 0.05) is 44.4 Å². The Labute approximate surface area is 417 Å². The lowest BCUT2D eigenvalue weighted by molar-refractivity contribution is 0.660. The van der Waals surface area contributed by atoms with Crippen molar-refractivity contribution < 1.29 is 4.42 Å². The molecule has 71 heavy (non-hydrogen) atoms. The van der Waals surface area contributed by atoms with Crippen LogP contribution < -0.4 is 9.80 Å². The van der Waals surface area contributed by atoms with E-state index in [-0.39, 0.29) is 22.7 Å². The molecular formula is C68H58N2O. The number of fused-ring (bicyclic) bond motifs is 11. The maximum absolute atomic E-state index is 7.06. The number of nitrogens with zero attached hydrogens (tertiary/aromatic N) is 2. The largest absolute Gasteiger partial charge is 0.456 e. The molecule has 0 unspecified atom stereocenters. The van der Waals surface area contributed by atoms with Crippen LogP contribution in [-0.4, -0.2) is 0 Å². The number of rotatable bonds is 8. The Kier molecular flexibility index (Phi) is 9.62. The molecule has 2 aliphatic rings. The van der Waals surface area contributed by atoms with E-state index in [4.69, 9.17) is 4.42 Å². The molecule has 11 aromatic rings. The van der Waals surface area contributed by atoms with E-state index in [1.54, 1.807) is 0 Å². The summed E-state index contributed by atoms with van der Waals surface area (Å²) in [5.74, 6) is 0.456. The van der Waals surface area contributed by atoms with Crippen LogP contribution in [0.3, 0.4) is 0 Å². The van der Waals surface area contributed by atoms with Crippen LogP contribution in [0.1, 0.15) is 101 Å². The van der Waals surface area contributed by atoms with Crippen LogP contribution in [0.25, 0.3) is 65.7 Å². The minimum atomic E-state index is -0.113. The second kappa shape index (κ2) is 15.8. The summed E-state index contributed by atoms with van der Waals surface area (Å²) in [5, 5.41) is 7.13. The fraction of sp³-hybridized carbons (Fsp3) is 0.176. The van der Waals surface area contributed by atoms with Crippen molar-refractivity contribution in [2.45, 2.75) is 78.1 Å². The summed E-state index contributed by atoms with van der Waals surface area (Å²) in [5.41, 5.74) is 21.9. The van der Waals surface area contributed by atoms with E-state index in [1.807, 2.05) is 0 Å². The van der Waals surface area contributed by atoms with Crippen molar-refractivity contribution >= 4 is 77.6 Å². The average Bonchev–Trinajstić information content (AvgIpc) is 3.93. The predicted molar refractivity (Wildman–Crippen MR) is 301 cm³/mol. The molecule has 0 bridgehead atoms. The molecule has 0 saturated carbocycles. The molecule has 346 valence electrons. The molecule has 2 aliphatic carbocycles. The Hall–Kier alpha value is -7.88. The quantitative estimate of drug-likeness (QED) is 0.151. The lowest BCUT2D eigenvalue weighted by Crippen LogP contribution is -2.17. The summed E-state index contributed by atoms with van der Waals surface area (Å²) >= 11 is 0. The van der Waals surface area contributed by atoms with Crippen molar-refractivity contribution in [1.82, 2.24) is 0 Å². The number of anilines is 6. The monoisotopic (exact) mass is 918 g/mol. The van der Waals surface area contributed by atoms with Gasteiger partial charge in [0.25, 0.3) is 0 Å². The number of hydrogen-bond donors (Lipinski definition) is 0. The maximum atomic E-state index is 7.06. The predicted octanol–water partition coefficient (Wildman–Crippen LogP) is 19.7. The third-order valence-corrected chi connectivity index (χ3v) is 16.1. The molecule has 0 radical (unpaired) electrons. The van der Waals surface area contributed by atoms with Gasteiger partial charge in [-0.2, -0.15) is 0 Å². The van der Waals surface area contributed by atoms with Gasteiger partial charge in [-0.1, -0.05) is 165 Å². The van der Waals surface area contributed by atoms with Crippen LogP contribution in [0.15, 0.2) is 199 Å². The van der Waals surface area contributed by atoms with E-state index in [0.717, 1.165) is 44.7 Å². The SMILES string of the molecule is CC(C)c1c(N(c2ccccc2)c2ccc3c(c2)C(C)(C)c2ccccc2-3)ccc2cc3c(cc12)oc1cc2c(C(C)C)c(N(c4ccccc4)c4ccc5c(c4)C(C)(C)c4ccccc4-5)ccc2cc13. The molecule has 13 rings (SSSR count). The van der Waals surface area contributed by atoms with Gasteiger partial charge in [-0.05, 0) is 174 Å². The first-order valence-electron chi connectivity index (χ1n) is 25.5. The molecule has 0 atom stereocenters. The number of benzene rings is 10. The molecule has 0 aliphatic heterocycles. The summed E-state index contributed by atoms with van der Waals surface area (Å²) < 4.78 is 7.06. The fourth-order valence-corrected chi connectivity index (χ4v) is 12.7. The molecule has 1 heterocycles. The van der Waals surface area contributed by atoms with Crippen molar-refractivity contribution in [3.8, 4) is 22.3 Å². The van der Waals surface area contributed by atoms with Gasteiger partial charge in [0.05, 0.1) is 11.4 Å². The molecule has 3 heteroatoms. The highest BCUT2D eigenvalue weighted by molar-refractivity contribution is 6.15. The summed E-state index contributed by atoms with van der Waals surface area (Å²) in [4.78, 5) is 4.94. The van der Waals surface area contributed by atoms with Gasteiger partial charge in [0.15, 0.2) is 0 Å². The van der Waals surface area contributed by atoms with Gasteiger partial charge < -0.3 is 14.2 Å². The molecule has 0 spiro atoms.